The molecular formula is C13H17N. The van der Waals surface area contributed by atoms with E-state index in [2.05, 4.69) is 24.3 Å². The van der Waals surface area contributed by atoms with Crippen LogP contribution in [0.4, 0.5) is 0 Å². The van der Waals surface area contributed by atoms with Crippen LogP contribution in [-0.2, 0) is 6.42 Å². The van der Waals surface area contributed by atoms with Crippen LogP contribution in [-0.4, -0.2) is 6.04 Å². The third-order valence-corrected chi connectivity index (χ3v) is 3.81. The quantitative estimate of drug-likeness (QED) is 0.756. The highest BCUT2D eigenvalue weighted by Crippen LogP contribution is 2.43. The zero-order chi connectivity index (χ0) is 9.54. The monoisotopic (exact) mass is 187 g/mol. The van der Waals surface area contributed by atoms with Crippen molar-refractivity contribution in [1.82, 2.24) is 0 Å². The van der Waals surface area contributed by atoms with Crippen molar-refractivity contribution in [3.05, 3.63) is 35.4 Å². The lowest BCUT2D eigenvalue weighted by molar-refractivity contribution is 0.479. The van der Waals surface area contributed by atoms with E-state index in [9.17, 15) is 0 Å². The van der Waals surface area contributed by atoms with E-state index in [1.165, 1.54) is 36.8 Å². The highest BCUT2D eigenvalue weighted by atomic mass is 14.7. The van der Waals surface area contributed by atoms with E-state index in [-0.39, 0.29) is 0 Å². The molecule has 2 aliphatic rings. The molecule has 14 heavy (non-hydrogen) atoms. The van der Waals surface area contributed by atoms with Crippen molar-refractivity contribution in [2.75, 3.05) is 0 Å². The molecule has 0 aromatic heterocycles. The molecule has 2 unspecified atom stereocenters. The van der Waals surface area contributed by atoms with Gasteiger partial charge in [0.2, 0.25) is 0 Å². The van der Waals surface area contributed by atoms with Gasteiger partial charge in [-0.05, 0) is 48.6 Å². The van der Waals surface area contributed by atoms with Gasteiger partial charge in [-0.15, -0.1) is 0 Å². The Balaban J connectivity index is 1.89. The Labute approximate surface area is 85.3 Å². The van der Waals surface area contributed by atoms with Crippen LogP contribution in [0.15, 0.2) is 24.3 Å². The Hall–Kier alpha value is -0.820. The third kappa shape index (κ3) is 1.27. The maximum atomic E-state index is 6.30. The van der Waals surface area contributed by atoms with Gasteiger partial charge < -0.3 is 5.73 Å². The summed E-state index contributed by atoms with van der Waals surface area (Å²) in [4.78, 5) is 0. The summed E-state index contributed by atoms with van der Waals surface area (Å²) < 4.78 is 0. The number of fused-ring (bicyclic) bond motifs is 1. The van der Waals surface area contributed by atoms with E-state index < -0.39 is 0 Å². The lowest BCUT2D eigenvalue weighted by Crippen LogP contribution is -2.29. The first kappa shape index (κ1) is 8.49. The molecule has 2 N–H and O–H groups in total. The largest absolute Gasteiger partial charge is 0.327 e. The van der Waals surface area contributed by atoms with Crippen LogP contribution < -0.4 is 5.73 Å². The summed E-state index contributed by atoms with van der Waals surface area (Å²) in [5.74, 6) is 1.48. The normalized spacial score (nSPS) is 27.4. The van der Waals surface area contributed by atoms with Gasteiger partial charge in [0.15, 0.2) is 0 Å². The van der Waals surface area contributed by atoms with Crippen LogP contribution in [0.1, 0.15) is 36.3 Å². The lowest BCUT2D eigenvalue weighted by atomic mass is 9.91. The molecule has 1 aromatic carbocycles. The average Bonchev–Trinajstić information content (AvgIpc) is 2.97. The van der Waals surface area contributed by atoms with Crippen LogP contribution in [0, 0.1) is 5.92 Å². The van der Waals surface area contributed by atoms with Crippen LogP contribution in [0.25, 0.3) is 0 Å². The minimum atomic E-state index is 0.429. The second-order valence-corrected chi connectivity index (χ2v) is 4.76. The van der Waals surface area contributed by atoms with E-state index >= 15 is 0 Å². The van der Waals surface area contributed by atoms with E-state index in [0.29, 0.717) is 12.0 Å². The maximum absolute atomic E-state index is 6.30. The van der Waals surface area contributed by atoms with Crippen molar-refractivity contribution in [2.24, 2.45) is 11.7 Å². The summed E-state index contributed by atoms with van der Waals surface area (Å²) in [6.07, 6.45) is 5.23. The molecule has 0 spiro atoms. The molecule has 3 rings (SSSR count). The average molecular weight is 187 g/mol. The van der Waals surface area contributed by atoms with Gasteiger partial charge in [0, 0.05) is 6.04 Å². The van der Waals surface area contributed by atoms with Crippen LogP contribution in [0.2, 0.25) is 0 Å². The zero-order valence-corrected chi connectivity index (χ0v) is 8.45. The fourth-order valence-electron chi connectivity index (χ4n) is 2.80. The van der Waals surface area contributed by atoms with Gasteiger partial charge in [-0.1, -0.05) is 24.3 Å². The molecule has 1 heteroatoms. The first-order valence-electron chi connectivity index (χ1n) is 5.69. The summed E-state index contributed by atoms with van der Waals surface area (Å²) in [5, 5.41) is 0. The first-order valence-corrected chi connectivity index (χ1v) is 5.69. The van der Waals surface area contributed by atoms with Gasteiger partial charge >= 0.3 is 0 Å². The van der Waals surface area contributed by atoms with Crippen molar-refractivity contribution < 1.29 is 0 Å². The summed E-state index contributed by atoms with van der Waals surface area (Å²) in [6, 6.07) is 9.25. The molecule has 0 amide bonds. The van der Waals surface area contributed by atoms with E-state index in [1.807, 2.05) is 0 Å². The predicted octanol–water partition coefficient (Wildman–Crippen LogP) is 2.45. The smallest absolute Gasteiger partial charge is 0.0136 e. The van der Waals surface area contributed by atoms with E-state index in [0.717, 1.165) is 5.92 Å². The molecule has 0 saturated heterocycles. The Morgan fingerprint density at radius 3 is 2.71 bits per heavy atom. The predicted molar refractivity (Wildman–Crippen MR) is 58.2 cm³/mol. The molecule has 2 atom stereocenters. The van der Waals surface area contributed by atoms with Gasteiger partial charge in [0.25, 0.3) is 0 Å². The topological polar surface area (TPSA) is 26.0 Å². The molecule has 1 aromatic rings. The first-order chi connectivity index (χ1) is 6.86. The van der Waals surface area contributed by atoms with Crippen LogP contribution in [0.3, 0.4) is 0 Å². The maximum Gasteiger partial charge on any atom is 0.0136 e. The Morgan fingerprint density at radius 2 is 1.93 bits per heavy atom. The van der Waals surface area contributed by atoms with E-state index in [4.69, 9.17) is 5.73 Å². The van der Waals surface area contributed by atoms with Gasteiger partial charge in [-0.2, -0.15) is 0 Å². The fraction of sp³-hybridized carbons (Fsp3) is 0.538. The molecule has 2 aliphatic carbocycles. The highest BCUT2D eigenvalue weighted by molar-refractivity contribution is 5.36. The summed E-state index contributed by atoms with van der Waals surface area (Å²) in [5.41, 5.74) is 9.37. The van der Waals surface area contributed by atoms with Crippen molar-refractivity contribution in [3.8, 4) is 0 Å². The number of rotatable bonds is 2. The Kier molecular flexibility index (Phi) is 1.88. The second kappa shape index (κ2) is 3.09. The standard InChI is InChI=1S/C13H17N/c14-13(10-5-6-10)12-8-7-9-3-1-2-4-11(9)12/h1-4,10,12-13H,5-8,14H2. The number of aryl methyl sites for hydroxylation is 1. The van der Waals surface area contributed by atoms with Gasteiger partial charge in [-0.25, -0.2) is 0 Å². The summed E-state index contributed by atoms with van der Waals surface area (Å²) in [7, 11) is 0. The molecule has 1 nitrogen and oxygen atoms in total. The van der Waals surface area contributed by atoms with Crippen molar-refractivity contribution >= 4 is 0 Å². The minimum Gasteiger partial charge on any atom is -0.327 e. The minimum absolute atomic E-state index is 0.429. The van der Waals surface area contributed by atoms with Crippen LogP contribution in [0.5, 0.6) is 0 Å². The zero-order valence-electron chi connectivity index (χ0n) is 8.45. The van der Waals surface area contributed by atoms with Gasteiger partial charge in [-0.3, -0.25) is 0 Å². The second-order valence-electron chi connectivity index (χ2n) is 4.76. The Bertz CT molecular complexity index is 341. The summed E-state index contributed by atoms with van der Waals surface area (Å²) in [6.45, 7) is 0. The van der Waals surface area contributed by atoms with Crippen molar-refractivity contribution in [3.63, 3.8) is 0 Å². The molecule has 0 aliphatic heterocycles. The highest BCUT2D eigenvalue weighted by Gasteiger charge is 2.37. The number of nitrogens with two attached hydrogens (primary N) is 1. The van der Waals surface area contributed by atoms with E-state index in [1.54, 1.807) is 0 Å². The number of benzene rings is 1. The SMILES string of the molecule is NC(C1CC1)C1CCc2ccccc21. The number of hydrogen-bond acceptors (Lipinski definition) is 1. The van der Waals surface area contributed by atoms with Crippen molar-refractivity contribution in [1.29, 1.82) is 0 Å². The fourth-order valence-corrected chi connectivity index (χ4v) is 2.80. The van der Waals surface area contributed by atoms with Crippen LogP contribution >= 0.6 is 0 Å². The third-order valence-electron chi connectivity index (χ3n) is 3.81. The lowest BCUT2D eigenvalue weighted by Gasteiger charge is -2.19. The summed E-state index contributed by atoms with van der Waals surface area (Å²) >= 11 is 0. The van der Waals surface area contributed by atoms with Gasteiger partial charge in [0.1, 0.15) is 0 Å². The van der Waals surface area contributed by atoms with Gasteiger partial charge in [0.05, 0.1) is 0 Å². The molecule has 1 fully saturated rings. The molecule has 0 radical (unpaired) electrons. The molecular weight excluding hydrogens is 170 g/mol. The molecule has 0 bridgehead atoms. The van der Waals surface area contributed by atoms with Crippen molar-refractivity contribution in [2.45, 2.75) is 37.6 Å². The Morgan fingerprint density at radius 1 is 1.14 bits per heavy atom. The molecule has 74 valence electrons. The number of hydrogen-bond donors (Lipinski definition) is 1. The molecule has 0 heterocycles. The molecule has 1 saturated carbocycles.